The van der Waals surface area contributed by atoms with Gasteiger partial charge in [0.2, 0.25) is 5.91 Å². The quantitative estimate of drug-likeness (QED) is 0.367. The summed E-state index contributed by atoms with van der Waals surface area (Å²) < 4.78 is 11.6. The van der Waals surface area contributed by atoms with Gasteiger partial charge in [-0.1, -0.05) is 64.7 Å². The zero-order valence-corrected chi connectivity index (χ0v) is 18.6. The van der Waals surface area contributed by atoms with Crippen molar-refractivity contribution < 1.29 is 14.3 Å². The van der Waals surface area contributed by atoms with Crippen LogP contribution in [0.3, 0.4) is 0 Å². The van der Waals surface area contributed by atoms with Crippen LogP contribution in [-0.2, 0) is 4.79 Å². The fourth-order valence-corrected chi connectivity index (χ4v) is 2.93. The summed E-state index contributed by atoms with van der Waals surface area (Å²) in [6.45, 7) is 7.92. The number of amides is 1. The molecule has 0 saturated carbocycles. The molecule has 0 radical (unpaired) electrons. The van der Waals surface area contributed by atoms with Gasteiger partial charge in [0.05, 0.1) is 25.4 Å². The number of anilines is 2. The van der Waals surface area contributed by atoms with Crippen LogP contribution in [0.4, 0.5) is 11.4 Å². The van der Waals surface area contributed by atoms with Gasteiger partial charge in [0.25, 0.3) is 0 Å². The van der Waals surface area contributed by atoms with E-state index in [1.807, 2.05) is 48.5 Å². The van der Waals surface area contributed by atoms with Crippen LogP contribution < -0.4 is 20.1 Å². The molecule has 0 heterocycles. The van der Waals surface area contributed by atoms with Crippen LogP contribution in [-0.4, -0.2) is 25.7 Å². The van der Waals surface area contributed by atoms with Crippen LogP contribution in [0.5, 0.6) is 11.5 Å². The lowest BCUT2D eigenvalue weighted by atomic mass is 10.2. The highest BCUT2D eigenvalue weighted by Gasteiger charge is 2.07. The van der Waals surface area contributed by atoms with Gasteiger partial charge in [0.15, 0.2) is 0 Å². The van der Waals surface area contributed by atoms with E-state index in [1.165, 1.54) is 25.7 Å². The molecule has 0 fully saturated rings. The van der Waals surface area contributed by atoms with E-state index in [-0.39, 0.29) is 12.5 Å². The molecule has 0 aliphatic heterocycles. The summed E-state index contributed by atoms with van der Waals surface area (Å²) >= 11 is 0. The molecule has 30 heavy (non-hydrogen) atoms. The van der Waals surface area contributed by atoms with Crippen molar-refractivity contribution in [3.8, 4) is 11.5 Å². The molecule has 0 spiro atoms. The van der Waals surface area contributed by atoms with Gasteiger partial charge in [-0.25, -0.2) is 0 Å². The van der Waals surface area contributed by atoms with Crippen LogP contribution in [0.1, 0.15) is 52.9 Å². The summed E-state index contributed by atoms with van der Waals surface area (Å²) in [5, 5.41) is 6.08. The van der Waals surface area contributed by atoms with E-state index in [1.54, 1.807) is 0 Å². The van der Waals surface area contributed by atoms with Gasteiger partial charge in [-0.15, -0.1) is 0 Å². The zero-order valence-electron chi connectivity index (χ0n) is 18.6. The van der Waals surface area contributed by atoms with E-state index in [0.29, 0.717) is 19.1 Å². The normalized spacial score (nSPS) is 10.7. The monoisotopic (exact) mass is 412 g/mol. The summed E-state index contributed by atoms with van der Waals surface area (Å²) in [7, 11) is 0. The van der Waals surface area contributed by atoms with E-state index in [4.69, 9.17) is 9.47 Å². The van der Waals surface area contributed by atoms with Crippen molar-refractivity contribution in [2.75, 3.05) is 30.4 Å². The Morgan fingerprint density at radius 2 is 1.77 bits per heavy atom. The average Bonchev–Trinajstić information content (AvgIpc) is 2.74. The maximum Gasteiger partial charge on any atom is 0.243 e. The van der Waals surface area contributed by atoms with Crippen molar-refractivity contribution in [1.29, 1.82) is 0 Å². The fourth-order valence-electron chi connectivity index (χ4n) is 2.93. The molecule has 1 amide bonds. The van der Waals surface area contributed by atoms with Crippen molar-refractivity contribution in [2.24, 2.45) is 5.92 Å². The summed E-state index contributed by atoms with van der Waals surface area (Å²) in [5.74, 6) is 1.86. The fraction of sp³-hybridized carbons (Fsp3) is 0.480. The molecule has 2 aromatic rings. The number of carbonyl (C=O) groups excluding carboxylic acids is 1. The Bertz CT molecular complexity index is 762. The topological polar surface area (TPSA) is 59.6 Å². The highest BCUT2D eigenvalue weighted by molar-refractivity contribution is 5.94. The van der Waals surface area contributed by atoms with Crippen molar-refractivity contribution in [2.45, 2.75) is 52.9 Å². The Kier molecular flexibility index (Phi) is 10.6. The summed E-state index contributed by atoms with van der Waals surface area (Å²) in [6, 6.07) is 15.2. The number of hydrogen-bond acceptors (Lipinski definition) is 4. The van der Waals surface area contributed by atoms with E-state index in [2.05, 4.69) is 31.4 Å². The number of para-hydroxylation sites is 2. The maximum absolute atomic E-state index is 12.4. The third kappa shape index (κ3) is 9.21. The number of rotatable bonds is 14. The lowest BCUT2D eigenvalue weighted by molar-refractivity contribution is -0.114. The molecule has 0 aliphatic rings. The molecule has 5 nitrogen and oxygen atoms in total. The Morgan fingerprint density at radius 3 is 2.57 bits per heavy atom. The largest absolute Gasteiger partial charge is 0.494 e. The number of carbonyl (C=O) groups is 1. The van der Waals surface area contributed by atoms with Gasteiger partial charge in [0.1, 0.15) is 11.5 Å². The summed E-state index contributed by atoms with van der Waals surface area (Å²) in [4.78, 5) is 12.4. The average molecular weight is 413 g/mol. The smallest absolute Gasteiger partial charge is 0.243 e. The minimum atomic E-state index is -0.120. The maximum atomic E-state index is 12.4. The molecule has 2 rings (SSSR count). The first-order valence-electron chi connectivity index (χ1n) is 11.1. The van der Waals surface area contributed by atoms with E-state index < -0.39 is 0 Å². The second-order valence-corrected chi connectivity index (χ2v) is 7.89. The first-order chi connectivity index (χ1) is 14.6. The van der Waals surface area contributed by atoms with Gasteiger partial charge in [0, 0.05) is 11.8 Å². The number of benzene rings is 2. The molecular formula is C25H36N2O3. The molecule has 0 aromatic heterocycles. The second kappa shape index (κ2) is 13.5. The molecular weight excluding hydrogens is 376 g/mol. The minimum Gasteiger partial charge on any atom is -0.494 e. The molecule has 0 bridgehead atoms. The molecule has 0 atom stereocenters. The number of nitrogens with one attached hydrogen (secondary N) is 2. The van der Waals surface area contributed by atoms with E-state index >= 15 is 0 Å². The first kappa shape index (κ1) is 23.6. The number of hydrogen-bond donors (Lipinski definition) is 2. The van der Waals surface area contributed by atoms with Crippen molar-refractivity contribution in [3.63, 3.8) is 0 Å². The van der Waals surface area contributed by atoms with Gasteiger partial charge in [-0.05, 0) is 36.6 Å². The summed E-state index contributed by atoms with van der Waals surface area (Å²) in [5.41, 5.74) is 1.54. The van der Waals surface area contributed by atoms with Gasteiger partial charge < -0.3 is 20.1 Å². The van der Waals surface area contributed by atoms with Gasteiger partial charge >= 0.3 is 0 Å². The minimum absolute atomic E-state index is 0.120. The predicted molar refractivity (Wildman–Crippen MR) is 125 cm³/mol. The first-order valence-corrected chi connectivity index (χ1v) is 11.1. The standard InChI is InChI=1S/C25H36N2O3/c1-4-5-6-7-10-16-29-22-13-11-12-21(17-22)27-25(28)18-26-23-14-8-9-15-24(23)30-19-20(2)3/h8-9,11-15,17,20,26H,4-7,10,16,18-19H2,1-3H3,(H,27,28). The van der Waals surface area contributed by atoms with Crippen LogP contribution in [0, 0.1) is 5.92 Å². The number of ether oxygens (including phenoxy) is 2. The summed E-state index contributed by atoms with van der Waals surface area (Å²) in [6.07, 6.45) is 6.03. The van der Waals surface area contributed by atoms with Gasteiger partial charge in [-0.3, -0.25) is 4.79 Å². The van der Waals surface area contributed by atoms with E-state index in [9.17, 15) is 4.79 Å². The van der Waals surface area contributed by atoms with Crippen LogP contribution >= 0.6 is 0 Å². The number of unbranched alkanes of at least 4 members (excludes halogenated alkanes) is 4. The Labute approximate surface area is 181 Å². The van der Waals surface area contributed by atoms with Crippen LogP contribution in [0.2, 0.25) is 0 Å². The van der Waals surface area contributed by atoms with Crippen molar-refractivity contribution >= 4 is 17.3 Å². The molecule has 164 valence electrons. The second-order valence-electron chi connectivity index (χ2n) is 7.89. The Balaban J connectivity index is 1.79. The predicted octanol–water partition coefficient (Wildman–Crippen LogP) is 6.12. The SMILES string of the molecule is CCCCCCCOc1cccc(NC(=O)CNc2ccccc2OCC(C)C)c1. The molecule has 0 aliphatic carbocycles. The highest BCUT2D eigenvalue weighted by atomic mass is 16.5. The lowest BCUT2D eigenvalue weighted by Gasteiger charge is -2.14. The van der Waals surface area contributed by atoms with Gasteiger partial charge in [-0.2, -0.15) is 0 Å². The van der Waals surface area contributed by atoms with E-state index in [0.717, 1.165) is 29.3 Å². The molecule has 5 heteroatoms. The highest BCUT2D eigenvalue weighted by Crippen LogP contribution is 2.24. The van der Waals surface area contributed by atoms with Crippen LogP contribution in [0.25, 0.3) is 0 Å². The zero-order chi connectivity index (χ0) is 21.6. The van der Waals surface area contributed by atoms with Crippen LogP contribution in [0.15, 0.2) is 48.5 Å². The molecule has 0 unspecified atom stereocenters. The van der Waals surface area contributed by atoms with Crippen molar-refractivity contribution in [1.82, 2.24) is 0 Å². The molecule has 2 aromatic carbocycles. The molecule has 2 N–H and O–H groups in total. The third-order valence-corrected chi connectivity index (χ3v) is 4.53. The lowest BCUT2D eigenvalue weighted by Crippen LogP contribution is -2.22. The Hall–Kier alpha value is -2.69. The van der Waals surface area contributed by atoms with Crippen molar-refractivity contribution in [3.05, 3.63) is 48.5 Å². The molecule has 0 saturated heterocycles. The third-order valence-electron chi connectivity index (χ3n) is 4.53. The Morgan fingerprint density at radius 1 is 0.967 bits per heavy atom.